The Kier molecular flexibility index (Phi) is 9.07. The summed E-state index contributed by atoms with van der Waals surface area (Å²) in [6.07, 6.45) is 0.605. The summed E-state index contributed by atoms with van der Waals surface area (Å²) in [5, 5.41) is 28.8. The van der Waals surface area contributed by atoms with Gasteiger partial charge in [-0.25, -0.2) is 22.1 Å². The number of carbonyl (C=O) groups is 1. The first kappa shape index (κ1) is 27.2. The van der Waals surface area contributed by atoms with Gasteiger partial charge in [-0.15, -0.1) is 0 Å². The zero-order chi connectivity index (χ0) is 25.6. The number of anilines is 1. The molecule has 0 bridgehead atoms. The molecule has 0 fully saturated rings. The number of aliphatic carboxylic acids is 1. The van der Waals surface area contributed by atoms with Crippen molar-refractivity contribution in [2.45, 2.75) is 44.8 Å². The van der Waals surface area contributed by atoms with E-state index in [1.54, 1.807) is 0 Å². The van der Waals surface area contributed by atoms with Crippen molar-refractivity contribution in [3.63, 3.8) is 0 Å². The van der Waals surface area contributed by atoms with E-state index in [-0.39, 0.29) is 29.9 Å². The van der Waals surface area contributed by atoms with Gasteiger partial charge in [-0.3, -0.25) is 4.79 Å². The number of carboxylic acids is 1. The molecule has 1 aromatic carbocycles. The topological polar surface area (TPSA) is 150 Å². The summed E-state index contributed by atoms with van der Waals surface area (Å²) < 4.78 is 44.1. The number of halogens is 1. The largest absolute Gasteiger partial charge is 0.481 e. The quantitative estimate of drug-likeness (QED) is 0.425. The first-order chi connectivity index (χ1) is 15.8. The average Bonchev–Trinajstić information content (AvgIpc) is 2.71. The Balaban J connectivity index is 2.54. The summed E-state index contributed by atoms with van der Waals surface area (Å²) in [6.45, 7) is 3.64. The normalized spacial score (nSPS) is 13.8. The number of hydrogen-bond donors (Lipinski definition) is 3. The molecule has 0 aliphatic carbocycles. The van der Waals surface area contributed by atoms with Crippen molar-refractivity contribution in [1.29, 1.82) is 0 Å². The maximum Gasteiger partial charge on any atom is 0.305 e. The Morgan fingerprint density at radius 1 is 1.21 bits per heavy atom. The summed E-state index contributed by atoms with van der Waals surface area (Å²) in [5.74, 6) is -1.84. The van der Waals surface area contributed by atoms with Crippen LogP contribution < -0.4 is 9.04 Å². The summed E-state index contributed by atoms with van der Waals surface area (Å²) in [6, 6.07) is 5.12. The molecule has 1 heterocycles. The van der Waals surface area contributed by atoms with Crippen LogP contribution >= 0.6 is 0 Å². The van der Waals surface area contributed by atoms with Crippen molar-refractivity contribution < 1.29 is 37.7 Å². The number of carboxylic acid groups (broad SMARTS) is 1. The molecule has 0 radical (unpaired) electrons. The van der Waals surface area contributed by atoms with Gasteiger partial charge in [0.05, 0.1) is 36.1 Å². The van der Waals surface area contributed by atoms with Crippen LogP contribution in [0.25, 0.3) is 6.08 Å². The van der Waals surface area contributed by atoms with Crippen molar-refractivity contribution in [2.75, 3.05) is 17.6 Å². The van der Waals surface area contributed by atoms with Crippen LogP contribution in [0.5, 0.6) is 11.6 Å². The third-order valence-corrected chi connectivity index (χ3v) is 5.85. The van der Waals surface area contributed by atoms with Gasteiger partial charge in [0.25, 0.3) is 0 Å². The summed E-state index contributed by atoms with van der Waals surface area (Å²) in [4.78, 5) is 19.3. The smallest absolute Gasteiger partial charge is 0.305 e. The maximum absolute atomic E-state index is 13.3. The fraction of sp³-hybridized carbons (Fsp3) is 0.409. The number of aliphatic hydroxyl groups is 2. The number of benzene rings is 1. The van der Waals surface area contributed by atoms with Crippen molar-refractivity contribution in [2.24, 2.45) is 0 Å². The summed E-state index contributed by atoms with van der Waals surface area (Å²) in [5.41, 5.74) is 0.740. The van der Waals surface area contributed by atoms with Gasteiger partial charge in [-0.2, -0.15) is 4.98 Å². The second kappa shape index (κ2) is 11.4. The van der Waals surface area contributed by atoms with Gasteiger partial charge >= 0.3 is 5.97 Å². The molecule has 34 heavy (non-hydrogen) atoms. The minimum atomic E-state index is -3.69. The summed E-state index contributed by atoms with van der Waals surface area (Å²) in [7, 11) is -2.39. The maximum atomic E-state index is 13.3. The fourth-order valence-corrected chi connectivity index (χ4v) is 3.26. The molecule has 0 aliphatic rings. The predicted molar refractivity (Wildman–Crippen MR) is 124 cm³/mol. The molecule has 2 atom stereocenters. The molecule has 12 heteroatoms. The molecule has 2 aromatic rings. The molecule has 10 nitrogen and oxygen atoms in total. The zero-order valence-electron chi connectivity index (χ0n) is 19.2. The lowest BCUT2D eigenvalue weighted by molar-refractivity contribution is -0.139. The monoisotopic (exact) mass is 497 g/mol. The van der Waals surface area contributed by atoms with Crippen LogP contribution in [0.4, 0.5) is 10.3 Å². The second-order valence-electron chi connectivity index (χ2n) is 7.98. The highest BCUT2D eigenvalue weighted by molar-refractivity contribution is 7.92. The van der Waals surface area contributed by atoms with Gasteiger partial charge in [0.15, 0.2) is 0 Å². The van der Waals surface area contributed by atoms with E-state index in [1.165, 1.54) is 43.5 Å². The van der Waals surface area contributed by atoms with E-state index < -0.39 is 40.4 Å². The minimum absolute atomic E-state index is 0.0367. The van der Waals surface area contributed by atoms with E-state index >= 15 is 0 Å². The minimum Gasteiger partial charge on any atom is -0.481 e. The van der Waals surface area contributed by atoms with Crippen LogP contribution in [0.1, 0.15) is 43.9 Å². The van der Waals surface area contributed by atoms with Gasteiger partial charge in [0.2, 0.25) is 21.9 Å². The number of aromatic nitrogens is 2. The molecule has 0 amide bonds. The molecule has 3 N–H and O–H groups in total. The summed E-state index contributed by atoms with van der Waals surface area (Å²) >= 11 is 0. The van der Waals surface area contributed by atoms with Gasteiger partial charge in [-0.05, 0) is 36.3 Å². The Morgan fingerprint density at radius 2 is 1.82 bits per heavy atom. The van der Waals surface area contributed by atoms with E-state index in [0.717, 1.165) is 10.6 Å². The van der Waals surface area contributed by atoms with Crippen molar-refractivity contribution in [1.82, 2.24) is 9.97 Å². The molecule has 186 valence electrons. The van der Waals surface area contributed by atoms with Gasteiger partial charge in [0, 0.05) is 13.5 Å². The van der Waals surface area contributed by atoms with E-state index in [4.69, 9.17) is 9.84 Å². The van der Waals surface area contributed by atoms with E-state index in [0.29, 0.717) is 11.3 Å². The SMILES string of the molecule is CC(C)c1nc(N(C)S(C)(=O)=O)nc(Oc2ccc(F)cc2)c1/C=C/[C@@H](O)C[C@@H](O)CC(=O)O. The lowest BCUT2D eigenvalue weighted by Gasteiger charge is -2.20. The second-order valence-corrected chi connectivity index (χ2v) is 10.00. The Hall–Kier alpha value is -3.09. The molecule has 2 rings (SSSR count). The van der Waals surface area contributed by atoms with Crippen molar-refractivity contribution in [3.05, 3.63) is 47.4 Å². The van der Waals surface area contributed by atoms with Crippen LogP contribution in [0.2, 0.25) is 0 Å². The van der Waals surface area contributed by atoms with Crippen LogP contribution in [0.15, 0.2) is 30.3 Å². The molecular weight excluding hydrogens is 469 g/mol. The fourth-order valence-electron chi connectivity index (χ4n) is 2.88. The average molecular weight is 498 g/mol. The van der Waals surface area contributed by atoms with Gasteiger partial charge in [-0.1, -0.05) is 19.9 Å². The lowest BCUT2D eigenvalue weighted by Crippen LogP contribution is -2.27. The number of sulfonamides is 1. The molecule has 0 saturated heterocycles. The Labute approximate surface area is 197 Å². The third-order valence-electron chi connectivity index (χ3n) is 4.69. The molecule has 0 spiro atoms. The molecule has 0 saturated carbocycles. The highest BCUT2D eigenvalue weighted by Crippen LogP contribution is 2.32. The molecule has 0 unspecified atom stereocenters. The molecule has 1 aromatic heterocycles. The highest BCUT2D eigenvalue weighted by atomic mass is 32.2. The van der Waals surface area contributed by atoms with Gasteiger partial charge in [0.1, 0.15) is 11.6 Å². The Morgan fingerprint density at radius 3 is 2.35 bits per heavy atom. The number of ether oxygens (including phenoxy) is 1. The molecule has 0 aliphatic heterocycles. The van der Waals surface area contributed by atoms with Crippen LogP contribution in [-0.4, -0.2) is 65.2 Å². The first-order valence-electron chi connectivity index (χ1n) is 10.3. The van der Waals surface area contributed by atoms with E-state index in [1.807, 2.05) is 13.8 Å². The standard InChI is InChI=1S/C22H28FN3O7S/c1-13(2)20-18(10-7-15(27)11-16(28)12-19(29)30)21(33-17-8-5-14(23)6-9-17)25-22(24-20)26(3)34(4,31)32/h5-10,13,15-16,27-28H,11-12H2,1-4H3,(H,29,30)/b10-7+/t15-,16-/m1/s1. The zero-order valence-corrected chi connectivity index (χ0v) is 20.0. The van der Waals surface area contributed by atoms with E-state index in [9.17, 15) is 27.8 Å². The molecular formula is C22H28FN3O7S. The van der Waals surface area contributed by atoms with E-state index in [2.05, 4.69) is 9.97 Å². The number of rotatable bonds is 11. The van der Waals surface area contributed by atoms with Gasteiger partial charge < -0.3 is 20.1 Å². The van der Waals surface area contributed by atoms with Crippen LogP contribution in [-0.2, 0) is 14.8 Å². The van der Waals surface area contributed by atoms with Crippen molar-refractivity contribution in [3.8, 4) is 11.6 Å². The highest BCUT2D eigenvalue weighted by Gasteiger charge is 2.23. The number of aliphatic hydroxyl groups excluding tert-OH is 2. The van der Waals surface area contributed by atoms with Crippen LogP contribution in [0.3, 0.4) is 0 Å². The van der Waals surface area contributed by atoms with Crippen LogP contribution in [0, 0.1) is 5.82 Å². The third kappa shape index (κ3) is 7.75. The number of nitrogens with zero attached hydrogens (tertiary/aromatic N) is 3. The predicted octanol–water partition coefficient (Wildman–Crippen LogP) is 2.53. The lowest BCUT2D eigenvalue weighted by atomic mass is 10.0. The first-order valence-corrected chi connectivity index (χ1v) is 12.2. The Bertz CT molecular complexity index is 1140. The van der Waals surface area contributed by atoms with Crippen molar-refractivity contribution >= 4 is 28.0 Å². The number of hydrogen-bond acceptors (Lipinski definition) is 8.